The van der Waals surface area contributed by atoms with E-state index in [0.717, 1.165) is 27.0 Å². The van der Waals surface area contributed by atoms with Crippen LogP contribution in [0.1, 0.15) is 52.9 Å². The number of aliphatic carboxylic acids is 1. The summed E-state index contributed by atoms with van der Waals surface area (Å²) in [5.74, 6) is -2.52. The van der Waals surface area contributed by atoms with Crippen LogP contribution in [0.4, 0.5) is 13.2 Å². The topological polar surface area (TPSA) is 171 Å². The first-order valence-corrected chi connectivity index (χ1v) is 18.4. The van der Waals surface area contributed by atoms with E-state index in [-0.39, 0.29) is 29.2 Å². The summed E-state index contributed by atoms with van der Waals surface area (Å²) in [6.07, 6.45) is -1.06. The highest BCUT2D eigenvalue weighted by Crippen LogP contribution is 2.38. The number of sulfone groups is 1. The van der Waals surface area contributed by atoms with Gasteiger partial charge in [-0.2, -0.15) is 13.2 Å². The molecule has 2 aliphatic rings. The first kappa shape index (κ1) is 34.9. The van der Waals surface area contributed by atoms with Crippen molar-refractivity contribution in [3.63, 3.8) is 0 Å². The molecule has 17 heteroatoms. The highest BCUT2D eigenvalue weighted by Gasteiger charge is 2.38. The molecule has 1 unspecified atom stereocenters. The van der Waals surface area contributed by atoms with Gasteiger partial charge in [0, 0.05) is 42.1 Å². The first-order chi connectivity index (χ1) is 20.9. The van der Waals surface area contributed by atoms with Crippen LogP contribution in [0.5, 0.6) is 0 Å². The summed E-state index contributed by atoms with van der Waals surface area (Å²) in [4.78, 5) is 27.8. The minimum Gasteiger partial charge on any atom is -0.475 e. The number of rotatable bonds is 8. The molecule has 0 saturated carbocycles. The summed E-state index contributed by atoms with van der Waals surface area (Å²) >= 11 is 1.61. The molecule has 45 heavy (non-hydrogen) atoms. The van der Waals surface area contributed by atoms with Crippen molar-refractivity contribution in [2.24, 2.45) is 5.73 Å². The van der Waals surface area contributed by atoms with E-state index < -0.39 is 37.9 Å². The molecular weight excluding hydrogens is 658 g/mol. The minimum atomic E-state index is -5.08. The number of piperidine rings is 1. The van der Waals surface area contributed by atoms with Crippen LogP contribution in [0.2, 0.25) is 0 Å². The maximum atomic E-state index is 12.4. The molecule has 3 aromatic rings. The lowest BCUT2D eigenvalue weighted by molar-refractivity contribution is -0.192. The van der Waals surface area contributed by atoms with Crippen molar-refractivity contribution in [2.75, 3.05) is 37.4 Å². The Bertz CT molecular complexity index is 1780. The molecule has 0 spiro atoms. The number of carboxylic acid groups (broad SMARTS) is 1. The minimum absolute atomic E-state index is 0.0320. The number of fused-ring (bicyclic) bond motifs is 1. The first-order valence-electron chi connectivity index (χ1n) is 14.1. The Hall–Kier alpha value is -2.99. The standard InChI is InChI=1S/C26H34N4O5S3.C2HF3O2/c1-3-38(34,35)30-7-4-17(5-8-30)24-13-28-25-22(24)11-18(12-23(25)26(27)31)19-10-21(36-15-19)14-29(2)20-6-9-37(32,33)16-20;3-2(4,5)1(6)7/h10-13,15,17,20,28H,3-9,14,16H2,1-2H3,(H2,27,31);(H,6,7). The third-order valence-electron chi connectivity index (χ3n) is 8.21. The van der Waals surface area contributed by atoms with Crippen molar-refractivity contribution in [3.8, 4) is 11.1 Å². The highest BCUT2D eigenvalue weighted by molar-refractivity contribution is 7.91. The molecule has 1 aromatic carbocycles. The summed E-state index contributed by atoms with van der Waals surface area (Å²) in [5, 5.41) is 10.1. The van der Waals surface area contributed by atoms with Crippen molar-refractivity contribution < 1.29 is 44.7 Å². The average molecular weight is 693 g/mol. The lowest BCUT2D eigenvalue weighted by Crippen LogP contribution is -2.38. The molecule has 1 atom stereocenters. The third-order valence-corrected chi connectivity index (χ3v) is 12.8. The number of aromatic nitrogens is 1. The predicted molar refractivity (Wildman–Crippen MR) is 165 cm³/mol. The third kappa shape index (κ3) is 8.24. The van der Waals surface area contributed by atoms with Crippen LogP contribution in [0.3, 0.4) is 0 Å². The second-order valence-corrected chi connectivity index (χ2v) is 16.7. The van der Waals surface area contributed by atoms with E-state index in [1.165, 1.54) is 0 Å². The zero-order valence-electron chi connectivity index (χ0n) is 24.6. The number of carboxylic acids is 1. The molecule has 5 rings (SSSR count). The van der Waals surface area contributed by atoms with Crippen molar-refractivity contribution in [2.45, 2.75) is 50.9 Å². The van der Waals surface area contributed by atoms with Gasteiger partial charge >= 0.3 is 12.1 Å². The Balaban J connectivity index is 0.000000591. The number of sulfonamides is 1. The molecule has 248 valence electrons. The fourth-order valence-electron chi connectivity index (χ4n) is 5.69. The molecule has 2 saturated heterocycles. The number of H-pyrrole nitrogens is 1. The molecule has 2 aliphatic heterocycles. The van der Waals surface area contributed by atoms with Gasteiger partial charge in [0.2, 0.25) is 10.0 Å². The van der Waals surface area contributed by atoms with Crippen LogP contribution in [0.15, 0.2) is 29.8 Å². The highest BCUT2D eigenvalue weighted by atomic mass is 32.2. The summed E-state index contributed by atoms with van der Waals surface area (Å²) in [5.41, 5.74) is 9.86. The molecular formula is C28H35F3N4O7S3. The number of carbonyl (C=O) groups is 2. The van der Waals surface area contributed by atoms with Crippen molar-refractivity contribution in [3.05, 3.63) is 45.8 Å². The molecule has 4 N–H and O–H groups in total. The molecule has 11 nitrogen and oxygen atoms in total. The second kappa shape index (κ2) is 13.4. The number of halogens is 3. The van der Waals surface area contributed by atoms with Gasteiger partial charge in [-0.3, -0.25) is 9.69 Å². The van der Waals surface area contributed by atoms with Gasteiger partial charge in [0.25, 0.3) is 5.91 Å². The zero-order valence-corrected chi connectivity index (χ0v) is 27.1. The van der Waals surface area contributed by atoms with E-state index in [1.807, 2.05) is 19.3 Å². The van der Waals surface area contributed by atoms with E-state index in [2.05, 4.69) is 27.4 Å². The van der Waals surface area contributed by atoms with Crippen molar-refractivity contribution in [1.29, 1.82) is 0 Å². The quantitative estimate of drug-likeness (QED) is 0.320. The van der Waals surface area contributed by atoms with E-state index in [0.29, 0.717) is 50.0 Å². The predicted octanol–water partition coefficient (Wildman–Crippen LogP) is 3.78. The Morgan fingerprint density at radius 1 is 1.16 bits per heavy atom. The largest absolute Gasteiger partial charge is 0.490 e. The summed E-state index contributed by atoms with van der Waals surface area (Å²) < 4.78 is 81.7. The van der Waals surface area contributed by atoms with E-state index in [1.54, 1.807) is 22.6 Å². The van der Waals surface area contributed by atoms with Crippen LogP contribution < -0.4 is 5.73 Å². The smallest absolute Gasteiger partial charge is 0.475 e. The molecule has 1 amide bonds. The normalized spacial score (nSPS) is 19.5. The molecule has 0 aliphatic carbocycles. The van der Waals surface area contributed by atoms with E-state index in [4.69, 9.17) is 15.6 Å². The van der Waals surface area contributed by atoms with Gasteiger partial charge in [0.05, 0.1) is 28.3 Å². The van der Waals surface area contributed by atoms with Gasteiger partial charge in [-0.05, 0) is 79.4 Å². The van der Waals surface area contributed by atoms with Crippen LogP contribution in [0, 0.1) is 0 Å². The SMILES string of the molecule is CCS(=O)(=O)N1CCC(c2c[nH]c3c(C(N)=O)cc(-c4csc(CN(C)C5CCS(=O)(=O)C5)c4)cc23)CC1.O=C(O)C(F)(F)F. The van der Waals surface area contributed by atoms with Crippen LogP contribution in [-0.2, 0) is 31.2 Å². The summed E-state index contributed by atoms with van der Waals surface area (Å²) in [6, 6.07) is 6.03. The summed E-state index contributed by atoms with van der Waals surface area (Å²) in [6.45, 7) is 3.30. The van der Waals surface area contributed by atoms with Gasteiger partial charge < -0.3 is 15.8 Å². The fourth-order valence-corrected chi connectivity index (χ4v) is 9.59. The number of amides is 1. The van der Waals surface area contributed by atoms with Crippen LogP contribution in [0.25, 0.3) is 22.0 Å². The zero-order chi connectivity index (χ0) is 33.3. The van der Waals surface area contributed by atoms with Gasteiger partial charge in [-0.15, -0.1) is 11.3 Å². The number of benzene rings is 1. The Morgan fingerprint density at radius 3 is 2.33 bits per heavy atom. The molecule has 0 bridgehead atoms. The summed E-state index contributed by atoms with van der Waals surface area (Å²) in [7, 11) is -4.18. The molecule has 4 heterocycles. The lowest BCUT2D eigenvalue weighted by Gasteiger charge is -2.31. The molecule has 2 aromatic heterocycles. The van der Waals surface area contributed by atoms with Gasteiger partial charge in [-0.1, -0.05) is 0 Å². The number of alkyl halides is 3. The van der Waals surface area contributed by atoms with Crippen LogP contribution >= 0.6 is 11.3 Å². The number of nitrogens with one attached hydrogen (secondary N) is 1. The fraction of sp³-hybridized carbons (Fsp3) is 0.500. The van der Waals surface area contributed by atoms with Crippen LogP contribution in [-0.4, -0.2) is 97.6 Å². The number of nitrogens with two attached hydrogens (primary N) is 1. The van der Waals surface area contributed by atoms with Crippen molar-refractivity contribution in [1.82, 2.24) is 14.2 Å². The number of hydrogen-bond acceptors (Lipinski definition) is 8. The number of hydrogen-bond donors (Lipinski definition) is 3. The number of carbonyl (C=O) groups excluding carboxylic acids is 1. The van der Waals surface area contributed by atoms with Gasteiger partial charge in [0.15, 0.2) is 9.84 Å². The van der Waals surface area contributed by atoms with E-state index >= 15 is 0 Å². The lowest BCUT2D eigenvalue weighted by atomic mass is 9.88. The maximum absolute atomic E-state index is 12.4. The number of nitrogens with zero attached hydrogens (tertiary/aromatic N) is 2. The Kier molecular flexibility index (Phi) is 10.4. The number of aromatic amines is 1. The van der Waals surface area contributed by atoms with E-state index in [9.17, 15) is 34.8 Å². The van der Waals surface area contributed by atoms with Crippen molar-refractivity contribution >= 4 is 54.0 Å². The monoisotopic (exact) mass is 692 g/mol. The van der Waals surface area contributed by atoms with Gasteiger partial charge in [-0.25, -0.2) is 25.9 Å². The van der Waals surface area contributed by atoms with Gasteiger partial charge in [0.1, 0.15) is 0 Å². The maximum Gasteiger partial charge on any atom is 0.490 e. The Morgan fingerprint density at radius 2 is 1.80 bits per heavy atom. The number of primary amides is 1. The average Bonchev–Trinajstić information content (AvgIpc) is 3.70. The molecule has 0 radical (unpaired) electrons. The molecule has 2 fully saturated rings. The number of thiophene rings is 1. The Labute approximate surface area is 263 Å². The second-order valence-electron chi connectivity index (χ2n) is 11.2.